The first kappa shape index (κ1) is 12.2. The number of carbonyl (C=O) groups excluding carboxylic acids is 1. The molecule has 0 aliphatic rings. The Morgan fingerprint density at radius 1 is 1.33 bits per heavy atom. The van der Waals surface area contributed by atoms with Gasteiger partial charge in [-0.2, -0.15) is 0 Å². The van der Waals surface area contributed by atoms with Crippen LogP contribution in [0.2, 0.25) is 0 Å². The van der Waals surface area contributed by atoms with Crippen molar-refractivity contribution in [3.63, 3.8) is 0 Å². The zero-order chi connectivity index (χ0) is 13.1. The Kier molecular flexibility index (Phi) is 3.37. The van der Waals surface area contributed by atoms with Crippen molar-refractivity contribution < 1.29 is 9.18 Å². The highest BCUT2D eigenvalue weighted by Crippen LogP contribution is 2.14. The van der Waals surface area contributed by atoms with E-state index in [2.05, 4.69) is 4.98 Å². The Balaban J connectivity index is 2.21. The minimum Gasteiger partial charge on any atom is -0.383 e. The van der Waals surface area contributed by atoms with E-state index in [-0.39, 0.29) is 23.8 Å². The first-order valence-electron chi connectivity index (χ1n) is 5.56. The van der Waals surface area contributed by atoms with Gasteiger partial charge in [-0.15, -0.1) is 0 Å². The van der Waals surface area contributed by atoms with Crippen LogP contribution in [0.3, 0.4) is 0 Å². The zero-order valence-corrected chi connectivity index (χ0v) is 9.98. The summed E-state index contributed by atoms with van der Waals surface area (Å²) in [5.41, 5.74) is 7.73. The Bertz CT molecular complexity index is 579. The van der Waals surface area contributed by atoms with Crippen molar-refractivity contribution in [3.8, 4) is 0 Å². The van der Waals surface area contributed by atoms with Gasteiger partial charge in [0.1, 0.15) is 11.6 Å². The lowest BCUT2D eigenvalue weighted by molar-refractivity contribution is 0.0993. The van der Waals surface area contributed by atoms with Crippen LogP contribution in [0, 0.1) is 12.7 Å². The summed E-state index contributed by atoms with van der Waals surface area (Å²) >= 11 is 0. The van der Waals surface area contributed by atoms with Crippen LogP contribution in [0.4, 0.5) is 10.2 Å². The second-order valence-electron chi connectivity index (χ2n) is 4.17. The van der Waals surface area contributed by atoms with Crippen LogP contribution in [-0.4, -0.2) is 10.8 Å². The number of aromatic nitrogens is 1. The molecule has 0 amide bonds. The molecule has 2 rings (SSSR count). The van der Waals surface area contributed by atoms with E-state index in [1.807, 2.05) is 6.92 Å². The third kappa shape index (κ3) is 2.71. The van der Waals surface area contributed by atoms with Gasteiger partial charge in [-0.3, -0.25) is 4.79 Å². The standard InChI is InChI=1S/C14H13FN2O/c1-9-6-12(14(16)17-8-9)13(18)7-10-2-4-11(15)5-3-10/h2-6,8H,7H2,1H3,(H2,16,17). The van der Waals surface area contributed by atoms with Crippen molar-refractivity contribution in [2.45, 2.75) is 13.3 Å². The highest BCUT2D eigenvalue weighted by Gasteiger charge is 2.11. The lowest BCUT2D eigenvalue weighted by Crippen LogP contribution is -2.08. The number of halogens is 1. The van der Waals surface area contributed by atoms with Crippen molar-refractivity contribution >= 4 is 11.6 Å². The maximum Gasteiger partial charge on any atom is 0.170 e. The lowest BCUT2D eigenvalue weighted by atomic mass is 10.0. The zero-order valence-electron chi connectivity index (χ0n) is 9.98. The summed E-state index contributed by atoms with van der Waals surface area (Å²) in [5, 5.41) is 0. The number of nitrogens with two attached hydrogens (primary N) is 1. The first-order valence-corrected chi connectivity index (χ1v) is 5.56. The molecule has 92 valence electrons. The number of pyridine rings is 1. The average Bonchev–Trinajstić information content (AvgIpc) is 2.35. The molecule has 0 unspecified atom stereocenters. The number of nitrogen functional groups attached to an aromatic ring is 1. The summed E-state index contributed by atoms with van der Waals surface area (Å²) in [7, 11) is 0. The predicted octanol–water partition coefficient (Wildman–Crippen LogP) is 2.54. The Labute approximate surface area is 104 Å². The van der Waals surface area contributed by atoms with Crippen molar-refractivity contribution in [2.75, 3.05) is 5.73 Å². The topological polar surface area (TPSA) is 56.0 Å². The number of hydrogen-bond donors (Lipinski definition) is 1. The number of hydrogen-bond acceptors (Lipinski definition) is 3. The molecule has 0 aliphatic carbocycles. The molecule has 4 heteroatoms. The number of nitrogens with zero attached hydrogens (tertiary/aromatic N) is 1. The van der Waals surface area contributed by atoms with Crippen molar-refractivity contribution in [3.05, 3.63) is 59.0 Å². The van der Waals surface area contributed by atoms with Crippen molar-refractivity contribution in [1.29, 1.82) is 0 Å². The number of ketones is 1. The predicted molar refractivity (Wildman–Crippen MR) is 67.8 cm³/mol. The number of Topliss-reactive ketones (excluding diaryl/α,β-unsaturated/α-hetero) is 1. The summed E-state index contributed by atoms with van der Waals surface area (Å²) in [6.07, 6.45) is 1.81. The maximum absolute atomic E-state index is 12.7. The molecule has 1 aromatic heterocycles. The quantitative estimate of drug-likeness (QED) is 0.844. The smallest absolute Gasteiger partial charge is 0.170 e. The fourth-order valence-corrected chi connectivity index (χ4v) is 1.69. The second-order valence-corrected chi connectivity index (χ2v) is 4.17. The first-order chi connectivity index (χ1) is 8.56. The third-order valence-electron chi connectivity index (χ3n) is 2.63. The monoisotopic (exact) mass is 244 g/mol. The van der Waals surface area contributed by atoms with Gasteiger partial charge in [-0.25, -0.2) is 9.37 Å². The fraction of sp³-hybridized carbons (Fsp3) is 0.143. The molecular formula is C14H13FN2O. The van der Waals surface area contributed by atoms with Gasteiger partial charge in [0.05, 0.1) is 5.56 Å². The number of rotatable bonds is 3. The molecule has 1 heterocycles. The molecule has 0 saturated heterocycles. The van der Waals surface area contributed by atoms with Gasteiger partial charge in [-0.1, -0.05) is 12.1 Å². The van der Waals surface area contributed by atoms with E-state index in [4.69, 9.17) is 5.73 Å². The highest BCUT2D eigenvalue weighted by atomic mass is 19.1. The van der Waals surface area contributed by atoms with E-state index in [0.717, 1.165) is 11.1 Å². The fourth-order valence-electron chi connectivity index (χ4n) is 1.69. The van der Waals surface area contributed by atoms with E-state index in [1.165, 1.54) is 12.1 Å². The molecule has 0 radical (unpaired) electrons. The summed E-state index contributed by atoms with van der Waals surface area (Å²) in [6.45, 7) is 1.85. The molecule has 0 fully saturated rings. The SMILES string of the molecule is Cc1cnc(N)c(C(=O)Cc2ccc(F)cc2)c1. The number of aryl methyl sites for hydroxylation is 1. The number of anilines is 1. The molecule has 2 N–H and O–H groups in total. The normalized spacial score (nSPS) is 10.3. The van der Waals surface area contributed by atoms with Crippen LogP contribution in [0.25, 0.3) is 0 Å². The summed E-state index contributed by atoms with van der Waals surface area (Å²) in [6, 6.07) is 7.56. The van der Waals surface area contributed by atoms with Crippen LogP contribution < -0.4 is 5.73 Å². The summed E-state index contributed by atoms with van der Waals surface area (Å²) < 4.78 is 12.7. The van der Waals surface area contributed by atoms with E-state index in [0.29, 0.717) is 5.56 Å². The van der Waals surface area contributed by atoms with Gasteiger partial charge in [0.2, 0.25) is 0 Å². The molecule has 2 aromatic rings. The molecule has 3 nitrogen and oxygen atoms in total. The molecule has 18 heavy (non-hydrogen) atoms. The van der Waals surface area contributed by atoms with Crippen LogP contribution in [0.1, 0.15) is 21.5 Å². The molecule has 0 bridgehead atoms. The van der Waals surface area contributed by atoms with Crippen LogP contribution >= 0.6 is 0 Å². The number of carbonyl (C=O) groups is 1. The van der Waals surface area contributed by atoms with Gasteiger partial charge in [-0.05, 0) is 36.2 Å². The van der Waals surface area contributed by atoms with Crippen molar-refractivity contribution in [2.24, 2.45) is 0 Å². The van der Waals surface area contributed by atoms with E-state index in [9.17, 15) is 9.18 Å². The third-order valence-corrected chi connectivity index (χ3v) is 2.63. The second kappa shape index (κ2) is 4.96. The van der Waals surface area contributed by atoms with Gasteiger partial charge >= 0.3 is 0 Å². The Morgan fingerprint density at radius 3 is 2.67 bits per heavy atom. The molecule has 1 aromatic carbocycles. The molecular weight excluding hydrogens is 231 g/mol. The van der Waals surface area contributed by atoms with E-state index in [1.54, 1.807) is 24.4 Å². The minimum absolute atomic E-state index is 0.115. The molecule has 0 spiro atoms. The average molecular weight is 244 g/mol. The molecule has 0 saturated carbocycles. The largest absolute Gasteiger partial charge is 0.383 e. The summed E-state index contributed by atoms with van der Waals surface area (Å²) in [4.78, 5) is 16.0. The number of benzene rings is 1. The van der Waals surface area contributed by atoms with E-state index >= 15 is 0 Å². The van der Waals surface area contributed by atoms with Crippen LogP contribution in [0.15, 0.2) is 36.5 Å². The lowest BCUT2D eigenvalue weighted by Gasteiger charge is -2.05. The molecule has 0 atom stereocenters. The van der Waals surface area contributed by atoms with Crippen LogP contribution in [-0.2, 0) is 6.42 Å². The van der Waals surface area contributed by atoms with Crippen LogP contribution in [0.5, 0.6) is 0 Å². The van der Waals surface area contributed by atoms with Gasteiger partial charge in [0.25, 0.3) is 0 Å². The van der Waals surface area contributed by atoms with Crippen molar-refractivity contribution in [1.82, 2.24) is 4.98 Å². The van der Waals surface area contributed by atoms with Gasteiger partial charge < -0.3 is 5.73 Å². The summed E-state index contributed by atoms with van der Waals surface area (Å²) in [5.74, 6) is -0.203. The highest BCUT2D eigenvalue weighted by molar-refractivity contribution is 6.01. The molecule has 0 aliphatic heterocycles. The Morgan fingerprint density at radius 2 is 2.00 bits per heavy atom. The van der Waals surface area contributed by atoms with Gasteiger partial charge in [0, 0.05) is 12.6 Å². The Hall–Kier alpha value is -2.23. The maximum atomic E-state index is 12.7. The van der Waals surface area contributed by atoms with Gasteiger partial charge in [0.15, 0.2) is 5.78 Å². The van der Waals surface area contributed by atoms with E-state index < -0.39 is 0 Å². The minimum atomic E-state index is -0.317.